The van der Waals surface area contributed by atoms with E-state index in [-0.39, 0.29) is 5.91 Å². The molecule has 4 nitrogen and oxygen atoms in total. The summed E-state index contributed by atoms with van der Waals surface area (Å²) in [6.45, 7) is 2.59. The molecular weight excluding hydrogens is 348 g/mol. The maximum absolute atomic E-state index is 12.4. The Morgan fingerprint density at radius 1 is 0.857 bits per heavy atom. The highest BCUT2D eigenvalue weighted by atomic mass is 16.5. The van der Waals surface area contributed by atoms with E-state index < -0.39 is 0 Å². The molecule has 0 fully saturated rings. The lowest BCUT2D eigenvalue weighted by molar-refractivity contribution is 0.0954. The van der Waals surface area contributed by atoms with E-state index in [2.05, 4.69) is 17.5 Å². The number of hydrazone groups is 1. The number of amides is 1. The fourth-order valence-corrected chi connectivity index (χ4v) is 2.76. The van der Waals surface area contributed by atoms with Crippen molar-refractivity contribution in [2.24, 2.45) is 5.10 Å². The highest BCUT2D eigenvalue weighted by Crippen LogP contribution is 2.14. The Labute approximate surface area is 165 Å². The van der Waals surface area contributed by atoms with Crippen LogP contribution in [-0.4, -0.2) is 11.6 Å². The second-order valence-electron chi connectivity index (χ2n) is 6.41. The van der Waals surface area contributed by atoms with Gasteiger partial charge in [-0.15, -0.1) is 0 Å². The average molecular weight is 372 g/mol. The molecule has 3 aromatic carbocycles. The molecule has 28 heavy (non-hydrogen) atoms. The molecule has 0 spiro atoms. The lowest BCUT2D eigenvalue weighted by atomic mass is 10.1. The fraction of sp³-hybridized carbons (Fsp3) is 0.167. The van der Waals surface area contributed by atoms with Gasteiger partial charge in [-0.25, -0.2) is 5.43 Å². The summed E-state index contributed by atoms with van der Waals surface area (Å²) in [5.74, 6) is 0.485. The number of hydrogen-bond donors (Lipinski definition) is 1. The molecule has 0 aliphatic carbocycles. The van der Waals surface area contributed by atoms with Gasteiger partial charge >= 0.3 is 0 Å². The molecule has 0 saturated carbocycles. The van der Waals surface area contributed by atoms with Crippen molar-refractivity contribution in [3.63, 3.8) is 0 Å². The predicted molar refractivity (Wildman–Crippen MR) is 113 cm³/mol. The Hall–Kier alpha value is -3.40. The first kappa shape index (κ1) is 19.4. The molecule has 4 heteroatoms. The van der Waals surface area contributed by atoms with Gasteiger partial charge in [0, 0.05) is 5.56 Å². The lowest BCUT2D eigenvalue weighted by Crippen LogP contribution is -2.20. The lowest BCUT2D eigenvalue weighted by Gasteiger charge is -2.08. The van der Waals surface area contributed by atoms with Crippen molar-refractivity contribution in [1.29, 1.82) is 0 Å². The molecule has 0 aromatic heterocycles. The Bertz CT molecular complexity index is 904. The van der Waals surface area contributed by atoms with E-state index >= 15 is 0 Å². The van der Waals surface area contributed by atoms with Crippen LogP contribution in [0.1, 0.15) is 41.3 Å². The molecule has 0 aliphatic heterocycles. The molecule has 142 valence electrons. The molecule has 0 atom stereocenters. The molecule has 1 amide bonds. The van der Waals surface area contributed by atoms with Crippen molar-refractivity contribution in [2.45, 2.75) is 26.4 Å². The zero-order valence-corrected chi connectivity index (χ0v) is 16.0. The largest absolute Gasteiger partial charge is 0.489 e. The van der Waals surface area contributed by atoms with Gasteiger partial charge in [-0.1, -0.05) is 74.0 Å². The third kappa shape index (κ3) is 5.55. The van der Waals surface area contributed by atoms with Gasteiger partial charge in [0.1, 0.15) is 12.4 Å². The highest BCUT2D eigenvalue weighted by molar-refractivity contribution is 6.02. The Kier molecular flexibility index (Phi) is 6.96. The van der Waals surface area contributed by atoms with Gasteiger partial charge < -0.3 is 4.74 Å². The third-order valence-electron chi connectivity index (χ3n) is 4.25. The van der Waals surface area contributed by atoms with Gasteiger partial charge in [0.2, 0.25) is 0 Å². The number of benzene rings is 3. The topological polar surface area (TPSA) is 50.7 Å². The maximum Gasteiger partial charge on any atom is 0.271 e. The van der Waals surface area contributed by atoms with E-state index in [4.69, 9.17) is 4.74 Å². The van der Waals surface area contributed by atoms with Crippen LogP contribution in [0.15, 0.2) is 90.0 Å². The first-order chi connectivity index (χ1) is 13.8. The van der Waals surface area contributed by atoms with E-state index in [0.29, 0.717) is 12.2 Å². The number of nitrogens with one attached hydrogen (secondary N) is 1. The summed E-state index contributed by atoms with van der Waals surface area (Å²) in [4.78, 5) is 12.4. The zero-order valence-electron chi connectivity index (χ0n) is 16.0. The number of carbonyl (C=O) groups excluding carboxylic acids is 1. The Morgan fingerprint density at radius 2 is 1.50 bits per heavy atom. The monoisotopic (exact) mass is 372 g/mol. The summed E-state index contributed by atoms with van der Waals surface area (Å²) in [6, 6.07) is 26.9. The standard InChI is InChI=1S/C24H24N2O2/c1-2-9-23(20-12-7-4-8-13-20)25-26-24(27)21-14-16-22(17-15-21)28-18-19-10-5-3-6-11-19/h3-8,10-17H,2,9,18H2,1H3,(H,26,27). The minimum Gasteiger partial charge on any atom is -0.489 e. The van der Waals surface area contributed by atoms with Crippen molar-refractivity contribution in [2.75, 3.05) is 0 Å². The van der Waals surface area contributed by atoms with Crippen molar-refractivity contribution in [1.82, 2.24) is 5.43 Å². The second kappa shape index (κ2) is 10.1. The van der Waals surface area contributed by atoms with Gasteiger partial charge in [-0.3, -0.25) is 4.79 Å². The summed E-state index contributed by atoms with van der Waals surface area (Å²) in [5, 5.41) is 4.34. The molecule has 0 unspecified atom stereocenters. The fourth-order valence-electron chi connectivity index (χ4n) is 2.76. The SMILES string of the molecule is CCCC(=NNC(=O)c1ccc(OCc2ccccc2)cc1)c1ccccc1. The van der Waals surface area contributed by atoms with E-state index in [1.807, 2.05) is 60.7 Å². The second-order valence-corrected chi connectivity index (χ2v) is 6.41. The molecule has 0 radical (unpaired) electrons. The number of nitrogens with zero attached hydrogens (tertiary/aromatic N) is 1. The van der Waals surface area contributed by atoms with Crippen LogP contribution in [0.5, 0.6) is 5.75 Å². The van der Waals surface area contributed by atoms with E-state index in [1.165, 1.54) is 0 Å². The van der Waals surface area contributed by atoms with E-state index in [9.17, 15) is 4.79 Å². The maximum atomic E-state index is 12.4. The molecule has 3 aromatic rings. The van der Waals surface area contributed by atoms with Crippen LogP contribution in [0, 0.1) is 0 Å². The van der Waals surface area contributed by atoms with Gasteiger partial charge in [-0.2, -0.15) is 5.10 Å². The first-order valence-electron chi connectivity index (χ1n) is 9.45. The minimum absolute atomic E-state index is 0.237. The van der Waals surface area contributed by atoms with Crippen molar-refractivity contribution in [3.05, 3.63) is 102 Å². The van der Waals surface area contributed by atoms with Crippen LogP contribution >= 0.6 is 0 Å². The van der Waals surface area contributed by atoms with Crippen LogP contribution in [0.25, 0.3) is 0 Å². The summed E-state index contributed by atoms with van der Waals surface area (Å²) >= 11 is 0. The molecule has 3 rings (SSSR count). The predicted octanol–water partition coefficient (Wildman–Crippen LogP) is 5.20. The summed E-state index contributed by atoms with van der Waals surface area (Å²) in [6.07, 6.45) is 1.76. The van der Waals surface area contributed by atoms with Crippen molar-refractivity contribution < 1.29 is 9.53 Å². The molecule has 0 aliphatic rings. The van der Waals surface area contributed by atoms with Gasteiger partial charge in [-0.05, 0) is 41.8 Å². The number of rotatable bonds is 8. The normalized spacial score (nSPS) is 11.1. The summed E-state index contributed by atoms with van der Waals surface area (Å²) < 4.78 is 5.76. The van der Waals surface area contributed by atoms with Crippen molar-refractivity contribution >= 4 is 11.6 Å². The van der Waals surface area contributed by atoms with Crippen LogP contribution in [0.3, 0.4) is 0 Å². The molecule has 0 heterocycles. The van der Waals surface area contributed by atoms with Crippen LogP contribution in [-0.2, 0) is 6.61 Å². The van der Waals surface area contributed by atoms with Crippen molar-refractivity contribution in [3.8, 4) is 5.75 Å². The third-order valence-corrected chi connectivity index (χ3v) is 4.25. The molecule has 0 bridgehead atoms. The Balaban J connectivity index is 1.60. The van der Waals surface area contributed by atoms with Crippen LogP contribution in [0.4, 0.5) is 0 Å². The smallest absolute Gasteiger partial charge is 0.271 e. The minimum atomic E-state index is -0.237. The van der Waals surface area contributed by atoms with Crippen LogP contribution < -0.4 is 10.2 Å². The van der Waals surface area contributed by atoms with Gasteiger partial charge in [0.25, 0.3) is 5.91 Å². The highest BCUT2D eigenvalue weighted by Gasteiger charge is 2.07. The summed E-state index contributed by atoms with van der Waals surface area (Å²) in [5.41, 5.74) is 6.21. The van der Waals surface area contributed by atoms with Gasteiger partial charge in [0.05, 0.1) is 5.71 Å². The average Bonchev–Trinajstić information content (AvgIpc) is 2.76. The van der Waals surface area contributed by atoms with E-state index in [0.717, 1.165) is 35.4 Å². The van der Waals surface area contributed by atoms with Crippen LogP contribution in [0.2, 0.25) is 0 Å². The molecule has 0 saturated heterocycles. The Morgan fingerprint density at radius 3 is 2.14 bits per heavy atom. The van der Waals surface area contributed by atoms with Gasteiger partial charge in [0.15, 0.2) is 0 Å². The number of ether oxygens (including phenoxy) is 1. The zero-order chi connectivity index (χ0) is 19.6. The number of hydrogen-bond acceptors (Lipinski definition) is 3. The number of carbonyl (C=O) groups is 1. The first-order valence-corrected chi connectivity index (χ1v) is 9.45. The quantitative estimate of drug-likeness (QED) is 0.436. The molecule has 1 N–H and O–H groups in total. The summed E-state index contributed by atoms with van der Waals surface area (Å²) in [7, 11) is 0. The molecular formula is C24H24N2O2. The van der Waals surface area contributed by atoms with E-state index in [1.54, 1.807) is 24.3 Å².